The number of carbonyl (C=O) groups is 2. The standard InChI is InChI=1S/C23H21FN2O4/c24-17-6-8-18(9-7-17)25-11-13-26(14-12-25)21(27)15-30-23(29)20-10-5-16-3-1-2-4-19(16)22(20)28/h1-10,28H,11-15H2. The van der Waals surface area contributed by atoms with Crippen LogP contribution in [0.2, 0.25) is 0 Å². The summed E-state index contributed by atoms with van der Waals surface area (Å²) in [7, 11) is 0. The summed E-state index contributed by atoms with van der Waals surface area (Å²) >= 11 is 0. The van der Waals surface area contributed by atoms with Gasteiger partial charge in [-0.1, -0.05) is 30.3 Å². The van der Waals surface area contributed by atoms with E-state index in [2.05, 4.69) is 4.90 Å². The Morgan fingerprint density at radius 3 is 2.37 bits per heavy atom. The summed E-state index contributed by atoms with van der Waals surface area (Å²) in [5.41, 5.74) is 0.935. The molecule has 0 unspecified atom stereocenters. The third kappa shape index (κ3) is 4.05. The summed E-state index contributed by atoms with van der Waals surface area (Å²) in [6, 6.07) is 16.6. The zero-order valence-electron chi connectivity index (χ0n) is 16.3. The summed E-state index contributed by atoms with van der Waals surface area (Å²) in [4.78, 5) is 28.5. The summed E-state index contributed by atoms with van der Waals surface area (Å²) in [6.07, 6.45) is 0. The second-order valence-electron chi connectivity index (χ2n) is 7.10. The Balaban J connectivity index is 1.32. The number of rotatable bonds is 4. The van der Waals surface area contributed by atoms with E-state index in [1.165, 1.54) is 18.2 Å². The molecular formula is C23H21FN2O4. The zero-order valence-corrected chi connectivity index (χ0v) is 16.3. The van der Waals surface area contributed by atoms with Crippen molar-refractivity contribution in [2.75, 3.05) is 37.7 Å². The van der Waals surface area contributed by atoms with Gasteiger partial charge in [-0.15, -0.1) is 0 Å². The average molecular weight is 408 g/mol. The first-order valence-electron chi connectivity index (χ1n) is 9.69. The third-order valence-corrected chi connectivity index (χ3v) is 5.27. The number of aromatic hydroxyl groups is 1. The van der Waals surface area contributed by atoms with E-state index in [0.29, 0.717) is 31.6 Å². The van der Waals surface area contributed by atoms with Crippen LogP contribution in [0, 0.1) is 5.82 Å². The molecule has 0 radical (unpaired) electrons. The van der Waals surface area contributed by atoms with Gasteiger partial charge >= 0.3 is 5.97 Å². The lowest BCUT2D eigenvalue weighted by atomic mass is 10.1. The van der Waals surface area contributed by atoms with Gasteiger partial charge in [-0.2, -0.15) is 0 Å². The van der Waals surface area contributed by atoms with E-state index in [4.69, 9.17) is 4.74 Å². The maximum Gasteiger partial charge on any atom is 0.342 e. The van der Waals surface area contributed by atoms with Gasteiger partial charge in [-0.05, 0) is 35.7 Å². The van der Waals surface area contributed by atoms with Crippen LogP contribution >= 0.6 is 0 Å². The van der Waals surface area contributed by atoms with E-state index < -0.39 is 5.97 Å². The highest BCUT2D eigenvalue weighted by Crippen LogP contribution is 2.29. The molecule has 3 aromatic carbocycles. The number of hydrogen-bond acceptors (Lipinski definition) is 5. The molecule has 1 heterocycles. The highest BCUT2D eigenvalue weighted by atomic mass is 19.1. The van der Waals surface area contributed by atoms with Gasteiger partial charge in [0.25, 0.3) is 5.91 Å². The number of ether oxygens (including phenoxy) is 1. The summed E-state index contributed by atoms with van der Waals surface area (Å²) in [5, 5.41) is 11.7. The number of carbonyl (C=O) groups excluding carboxylic acids is 2. The molecule has 0 spiro atoms. The Bertz CT molecular complexity index is 1080. The topological polar surface area (TPSA) is 70.1 Å². The highest BCUT2D eigenvalue weighted by molar-refractivity contribution is 6.01. The van der Waals surface area contributed by atoms with Crippen LogP contribution in [0.25, 0.3) is 10.8 Å². The molecule has 30 heavy (non-hydrogen) atoms. The zero-order chi connectivity index (χ0) is 21.1. The number of phenolic OH excluding ortho intramolecular Hbond substituents is 1. The van der Waals surface area contributed by atoms with Crippen molar-refractivity contribution in [2.45, 2.75) is 0 Å². The highest BCUT2D eigenvalue weighted by Gasteiger charge is 2.23. The Morgan fingerprint density at radius 1 is 0.933 bits per heavy atom. The number of amides is 1. The van der Waals surface area contributed by atoms with Crippen molar-refractivity contribution in [1.82, 2.24) is 4.90 Å². The number of anilines is 1. The molecule has 0 bridgehead atoms. The molecule has 0 aromatic heterocycles. The van der Waals surface area contributed by atoms with Crippen LogP contribution in [0.1, 0.15) is 10.4 Å². The van der Waals surface area contributed by atoms with Gasteiger partial charge in [0.2, 0.25) is 0 Å². The first-order chi connectivity index (χ1) is 14.5. The molecule has 0 atom stereocenters. The number of benzene rings is 3. The van der Waals surface area contributed by atoms with Crippen LogP contribution < -0.4 is 4.90 Å². The Labute approximate surface area is 173 Å². The second-order valence-corrected chi connectivity index (χ2v) is 7.10. The van der Waals surface area contributed by atoms with Crippen LogP contribution in [0.15, 0.2) is 60.7 Å². The van der Waals surface area contributed by atoms with Gasteiger partial charge in [-0.25, -0.2) is 9.18 Å². The number of esters is 1. The monoisotopic (exact) mass is 408 g/mol. The van der Waals surface area contributed by atoms with Gasteiger partial charge in [0.15, 0.2) is 6.61 Å². The van der Waals surface area contributed by atoms with Crippen molar-refractivity contribution in [1.29, 1.82) is 0 Å². The number of nitrogens with zero attached hydrogens (tertiary/aromatic N) is 2. The molecular weight excluding hydrogens is 387 g/mol. The molecule has 1 amide bonds. The number of piperazine rings is 1. The minimum atomic E-state index is -0.739. The van der Waals surface area contributed by atoms with Crippen molar-refractivity contribution < 1.29 is 23.8 Å². The van der Waals surface area contributed by atoms with Crippen molar-refractivity contribution in [3.8, 4) is 5.75 Å². The van der Waals surface area contributed by atoms with E-state index in [1.807, 2.05) is 12.1 Å². The maximum atomic E-state index is 13.1. The number of phenols is 1. The Hall–Kier alpha value is -3.61. The molecule has 154 valence electrons. The third-order valence-electron chi connectivity index (χ3n) is 5.27. The summed E-state index contributed by atoms with van der Waals surface area (Å²) in [5.74, 6) is -1.47. The van der Waals surface area contributed by atoms with E-state index >= 15 is 0 Å². The lowest BCUT2D eigenvalue weighted by Crippen LogP contribution is -2.49. The summed E-state index contributed by atoms with van der Waals surface area (Å²) < 4.78 is 18.2. The molecule has 7 heteroatoms. The SMILES string of the molecule is O=C(OCC(=O)N1CCN(c2ccc(F)cc2)CC1)c1ccc2ccccc2c1O. The normalized spacial score (nSPS) is 14.0. The van der Waals surface area contributed by atoms with Crippen molar-refractivity contribution in [3.63, 3.8) is 0 Å². The molecule has 1 aliphatic rings. The minimum Gasteiger partial charge on any atom is -0.506 e. The van der Waals surface area contributed by atoms with Crippen molar-refractivity contribution >= 4 is 28.3 Å². The lowest BCUT2D eigenvalue weighted by Gasteiger charge is -2.36. The number of hydrogen-bond donors (Lipinski definition) is 1. The van der Waals surface area contributed by atoms with Gasteiger partial charge < -0.3 is 19.6 Å². The molecule has 6 nitrogen and oxygen atoms in total. The Kier molecular flexibility index (Phi) is 5.52. The molecule has 1 saturated heterocycles. The lowest BCUT2D eigenvalue weighted by molar-refractivity contribution is -0.134. The molecule has 0 aliphatic carbocycles. The first kappa shape index (κ1) is 19.7. The van der Waals surface area contributed by atoms with E-state index in [0.717, 1.165) is 11.1 Å². The first-order valence-corrected chi connectivity index (χ1v) is 9.69. The quantitative estimate of drug-likeness (QED) is 0.672. The maximum absolute atomic E-state index is 13.1. The predicted molar refractivity (Wildman–Crippen MR) is 111 cm³/mol. The van der Waals surface area contributed by atoms with E-state index in [1.54, 1.807) is 35.2 Å². The fraction of sp³-hybridized carbons (Fsp3) is 0.217. The number of fused-ring (bicyclic) bond motifs is 1. The van der Waals surface area contributed by atoms with Gasteiger partial charge in [0.05, 0.1) is 0 Å². The molecule has 1 N–H and O–H groups in total. The largest absolute Gasteiger partial charge is 0.506 e. The molecule has 1 fully saturated rings. The average Bonchev–Trinajstić information content (AvgIpc) is 2.78. The van der Waals surface area contributed by atoms with Crippen molar-refractivity contribution in [2.24, 2.45) is 0 Å². The summed E-state index contributed by atoms with van der Waals surface area (Å²) in [6.45, 7) is 1.79. The fourth-order valence-corrected chi connectivity index (χ4v) is 3.58. The van der Waals surface area contributed by atoms with Crippen LogP contribution in [0.5, 0.6) is 5.75 Å². The second kappa shape index (κ2) is 8.41. The molecule has 0 saturated carbocycles. The predicted octanol–water partition coefficient (Wildman–Crippen LogP) is 3.19. The molecule has 4 rings (SSSR count). The smallest absolute Gasteiger partial charge is 0.342 e. The van der Waals surface area contributed by atoms with Crippen molar-refractivity contribution in [3.05, 3.63) is 72.0 Å². The Morgan fingerprint density at radius 2 is 1.63 bits per heavy atom. The van der Waals surface area contributed by atoms with Crippen LogP contribution in [0.3, 0.4) is 0 Å². The van der Waals surface area contributed by atoms with E-state index in [-0.39, 0.29) is 29.6 Å². The van der Waals surface area contributed by atoms with Crippen LogP contribution in [-0.2, 0) is 9.53 Å². The molecule has 3 aromatic rings. The van der Waals surface area contributed by atoms with Gasteiger partial charge in [0.1, 0.15) is 17.1 Å². The minimum absolute atomic E-state index is 0.0302. The molecule has 1 aliphatic heterocycles. The fourth-order valence-electron chi connectivity index (χ4n) is 3.58. The van der Waals surface area contributed by atoms with Gasteiger partial charge in [-0.3, -0.25) is 4.79 Å². The van der Waals surface area contributed by atoms with Gasteiger partial charge in [0, 0.05) is 37.3 Å². The van der Waals surface area contributed by atoms with Crippen LogP contribution in [0.4, 0.5) is 10.1 Å². The van der Waals surface area contributed by atoms with Crippen LogP contribution in [-0.4, -0.2) is 54.7 Å². The number of halogens is 1. The van der Waals surface area contributed by atoms with E-state index in [9.17, 15) is 19.1 Å².